The number of carbonyl (C=O) groups excluding carboxylic acids is 1. The van der Waals surface area contributed by atoms with Gasteiger partial charge >= 0.3 is 0 Å². The summed E-state index contributed by atoms with van der Waals surface area (Å²) in [7, 11) is 1.64. The number of amides is 1. The summed E-state index contributed by atoms with van der Waals surface area (Å²) in [5.74, 6) is 1.13. The Kier molecular flexibility index (Phi) is 7.56. The van der Waals surface area contributed by atoms with Crippen LogP contribution < -0.4 is 20.9 Å². The number of methoxy groups -OCH3 is 1. The van der Waals surface area contributed by atoms with Gasteiger partial charge in [0, 0.05) is 31.6 Å². The van der Waals surface area contributed by atoms with Gasteiger partial charge in [0.1, 0.15) is 18.2 Å². The Hall–Kier alpha value is -3.42. The van der Waals surface area contributed by atoms with Crippen LogP contribution in [0.1, 0.15) is 15.9 Å². The van der Waals surface area contributed by atoms with Crippen molar-refractivity contribution in [3.05, 3.63) is 84.1 Å². The molecule has 0 aliphatic carbocycles. The van der Waals surface area contributed by atoms with Crippen LogP contribution in [0.2, 0.25) is 0 Å². The van der Waals surface area contributed by atoms with Crippen molar-refractivity contribution in [2.75, 3.05) is 25.6 Å². The quantitative estimate of drug-likeness (QED) is 0.363. The fourth-order valence-corrected chi connectivity index (χ4v) is 2.55. The van der Waals surface area contributed by atoms with Crippen LogP contribution in [0.4, 0.5) is 11.5 Å². The standard InChI is InChI=1S/C22H24N4O3/c1-28-12-13-29-20-9-5-8-19(14-20)25-21-11-10-18(16-23-21)22(27)26-24-15-17-6-3-2-4-7-17/h2-11,14,16,24H,12-13,15H2,1H3,(H,23,25)(H,26,27). The molecule has 3 aromatic rings. The zero-order valence-electron chi connectivity index (χ0n) is 16.2. The van der Waals surface area contributed by atoms with Gasteiger partial charge in [0.25, 0.3) is 5.91 Å². The molecule has 7 heteroatoms. The first-order valence-electron chi connectivity index (χ1n) is 9.26. The smallest absolute Gasteiger partial charge is 0.266 e. The van der Waals surface area contributed by atoms with Gasteiger partial charge < -0.3 is 14.8 Å². The first-order valence-corrected chi connectivity index (χ1v) is 9.26. The molecule has 3 N–H and O–H groups in total. The molecule has 1 heterocycles. The summed E-state index contributed by atoms with van der Waals surface area (Å²) in [6.45, 7) is 1.56. The molecule has 0 saturated carbocycles. The SMILES string of the molecule is COCCOc1cccc(Nc2ccc(C(=O)NNCc3ccccc3)cn2)c1. The number of hydrogen-bond acceptors (Lipinski definition) is 6. The Labute approximate surface area is 170 Å². The summed E-state index contributed by atoms with van der Waals surface area (Å²) in [6, 6.07) is 20.9. The zero-order chi connectivity index (χ0) is 20.3. The maximum Gasteiger partial charge on any atom is 0.266 e. The van der Waals surface area contributed by atoms with Gasteiger partial charge in [0.2, 0.25) is 0 Å². The van der Waals surface area contributed by atoms with E-state index >= 15 is 0 Å². The van der Waals surface area contributed by atoms with E-state index in [0.717, 1.165) is 17.0 Å². The van der Waals surface area contributed by atoms with Crippen molar-refractivity contribution in [3.63, 3.8) is 0 Å². The lowest BCUT2D eigenvalue weighted by Crippen LogP contribution is -2.36. The summed E-state index contributed by atoms with van der Waals surface area (Å²) >= 11 is 0. The van der Waals surface area contributed by atoms with Crippen LogP contribution in [0.5, 0.6) is 5.75 Å². The predicted octanol–water partition coefficient (Wildman–Crippen LogP) is 3.29. The third-order valence-electron chi connectivity index (χ3n) is 4.03. The van der Waals surface area contributed by atoms with Crippen LogP contribution in [0, 0.1) is 0 Å². The Balaban J connectivity index is 1.50. The molecule has 1 aromatic heterocycles. The maximum absolute atomic E-state index is 12.2. The van der Waals surface area contributed by atoms with Crippen molar-refractivity contribution in [2.45, 2.75) is 6.54 Å². The average molecular weight is 392 g/mol. The number of pyridine rings is 1. The molecule has 29 heavy (non-hydrogen) atoms. The number of hydrogen-bond donors (Lipinski definition) is 3. The molecule has 0 unspecified atom stereocenters. The van der Waals surface area contributed by atoms with Gasteiger partial charge in [0.05, 0.1) is 12.2 Å². The van der Waals surface area contributed by atoms with E-state index in [4.69, 9.17) is 9.47 Å². The van der Waals surface area contributed by atoms with Crippen molar-refractivity contribution in [1.29, 1.82) is 0 Å². The summed E-state index contributed by atoms with van der Waals surface area (Å²) in [6.07, 6.45) is 1.53. The number of benzene rings is 2. The van der Waals surface area contributed by atoms with E-state index in [-0.39, 0.29) is 5.91 Å². The topological polar surface area (TPSA) is 84.5 Å². The van der Waals surface area contributed by atoms with Gasteiger partial charge in [-0.2, -0.15) is 0 Å². The van der Waals surface area contributed by atoms with Gasteiger partial charge in [-0.1, -0.05) is 36.4 Å². The minimum Gasteiger partial charge on any atom is -0.491 e. The van der Waals surface area contributed by atoms with Gasteiger partial charge in [-0.05, 0) is 29.8 Å². The number of aromatic nitrogens is 1. The molecule has 0 aliphatic rings. The van der Waals surface area contributed by atoms with Crippen LogP contribution in [0.25, 0.3) is 0 Å². The molecule has 1 amide bonds. The highest BCUT2D eigenvalue weighted by molar-refractivity contribution is 5.93. The highest BCUT2D eigenvalue weighted by Gasteiger charge is 2.06. The van der Waals surface area contributed by atoms with E-state index in [9.17, 15) is 4.79 Å². The van der Waals surface area contributed by atoms with Crippen molar-refractivity contribution >= 4 is 17.4 Å². The van der Waals surface area contributed by atoms with Crippen LogP contribution in [-0.2, 0) is 11.3 Å². The third-order valence-corrected chi connectivity index (χ3v) is 4.03. The molecule has 0 atom stereocenters. The monoisotopic (exact) mass is 392 g/mol. The maximum atomic E-state index is 12.2. The Morgan fingerprint density at radius 3 is 2.62 bits per heavy atom. The fourth-order valence-electron chi connectivity index (χ4n) is 2.55. The van der Waals surface area contributed by atoms with Gasteiger partial charge in [-0.25, -0.2) is 10.4 Å². The molecule has 2 aromatic carbocycles. The molecule has 150 valence electrons. The number of hydrazine groups is 1. The molecule has 0 bridgehead atoms. The molecular weight excluding hydrogens is 368 g/mol. The lowest BCUT2D eigenvalue weighted by atomic mass is 10.2. The molecule has 0 saturated heterocycles. The second-order valence-electron chi connectivity index (χ2n) is 6.22. The van der Waals surface area contributed by atoms with Gasteiger partial charge in [-0.3, -0.25) is 10.2 Å². The predicted molar refractivity (Wildman–Crippen MR) is 112 cm³/mol. The molecular formula is C22H24N4O3. The first kappa shape index (κ1) is 20.3. The van der Waals surface area contributed by atoms with Crippen molar-refractivity contribution in [2.24, 2.45) is 0 Å². The van der Waals surface area contributed by atoms with Crippen LogP contribution in [0.15, 0.2) is 72.9 Å². The Bertz CT molecular complexity index is 901. The van der Waals surface area contributed by atoms with Crippen molar-refractivity contribution in [3.8, 4) is 5.75 Å². The van der Waals surface area contributed by atoms with E-state index in [0.29, 0.717) is 31.1 Å². The van der Waals surface area contributed by atoms with Crippen LogP contribution in [-0.4, -0.2) is 31.2 Å². The van der Waals surface area contributed by atoms with Crippen LogP contribution in [0.3, 0.4) is 0 Å². The van der Waals surface area contributed by atoms with E-state index < -0.39 is 0 Å². The number of nitrogens with one attached hydrogen (secondary N) is 3. The summed E-state index contributed by atoms with van der Waals surface area (Å²) in [5.41, 5.74) is 7.98. The normalized spacial score (nSPS) is 10.4. The number of nitrogens with zero attached hydrogens (tertiary/aromatic N) is 1. The second-order valence-corrected chi connectivity index (χ2v) is 6.22. The highest BCUT2D eigenvalue weighted by atomic mass is 16.5. The largest absolute Gasteiger partial charge is 0.491 e. The molecule has 0 fully saturated rings. The van der Waals surface area contributed by atoms with E-state index in [1.807, 2.05) is 54.6 Å². The molecule has 0 aliphatic heterocycles. The number of rotatable bonds is 10. The van der Waals surface area contributed by atoms with Gasteiger partial charge in [-0.15, -0.1) is 0 Å². The van der Waals surface area contributed by atoms with E-state index in [1.54, 1.807) is 19.2 Å². The summed E-state index contributed by atoms with van der Waals surface area (Å²) in [4.78, 5) is 16.5. The number of ether oxygens (including phenoxy) is 2. The first-order chi connectivity index (χ1) is 14.2. The highest BCUT2D eigenvalue weighted by Crippen LogP contribution is 2.20. The summed E-state index contributed by atoms with van der Waals surface area (Å²) in [5, 5.41) is 3.20. The molecule has 0 spiro atoms. The third kappa shape index (κ3) is 6.60. The molecule has 0 radical (unpaired) electrons. The van der Waals surface area contributed by atoms with Gasteiger partial charge in [0.15, 0.2) is 0 Å². The Morgan fingerprint density at radius 1 is 1.00 bits per heavy atom. The lowest BCUT2D eigenvalue weighted by Gasteiger charge is -2.10. The number of anilines is 2. The second kappa shape index (κ2) is 10.8. The minimum absolute atomic E-state index is 0.242. The van der Waals surface area contributed by atoms with E-state index in [2.05, 4.69) is 21.2 Å². The number of carbonyl (C=O) groups is 1. The van der Waals surface area contributed by atoms with E-state index in [1.165, 1.54) is 6.20 Å². The minimum atomic E-state index is -0.242. The average Bonchev–Trinajstić information content (AvgIpc) is 2.75. The van der Waals surface area contributed by atoms with Crippen molar-refractivity contribution in [1.82, 2.24) is 15.8 Å². The van der Waals surface area contributed by atoms with Crippen molar-refractivity contribution < 1.29 is 14.3 Å². The zero-order valence-corrected chi connectivity index (χ0v) is 16.2. The fraction of sp³-hybridized carbons (Fsp3) is 0.182. The lowest BCUT2D eigenvalue weighted by molar-refractivity contribution is 0.0932. The summed E-state index contributed by atoms with van der Waals surface area (Å²) < 4.78 is 10.6. The molecule has 3 rings (SSSR count). The van der Waals surface area contributed by atoms with Crippen LogP contribution >= 0.6 is 0 Å². The molecule has 7 nitrogen and oxygen atoms in total. The Morgan fingerprint density at radius 2 is 1.86 bits per heavy atom.